The van der Waals surface area contributed by atoms with E-state index in [1.165, 1.54) is 0 Å². The largest absolute Gasteiger partial charge is 0.337 e. The number of hydrogen-bond donors (Lipinski definition) is 1. The molecular weight excluding hydrogens is 285 g/mol. The number of halogens is 2. The lowest BCUT2D eigenvalue weighted by Crippen LogP contribution is -2.19. The summed E-state index contributed by atoms with van der Waals surface area (Å²) in [5.74, 6) is 1.05. The van der Waals surface area contributed by atoms with Crippen LogP contribution in [0.3, 0.4) is 0 Å². The first-order valence-corrected chi connectivity index (χ1v) is 6.89. The number of nitrogens with zero attached hydrogens (tertiary/aromatic N) is 2. The lowest BCUT2D eigenvalue weighted by molar-refractivity contribution is 0.340. The molecule has 0 spiro atoms. The summed E-state index contributed by atoms with van der Waals surface area (Å²) in [5.41, 5.74) is 0.746. The van der Waals surface area contributed by atoms with Crippen molar-refractivity contribution < 1.29 is 4.52 Å². The molecule has 2 rings (SSSR count). The molecule has 1 N–H and O–H groups in total. The van der Waals surface area contributed by atoms with E-state index in [2.05, 4.69) is 22.4 Å². The van der Waals surface area contributed by atoms with Gasteiger partial charge in [0.05, 0.1) is 6.04 Å². The molecule has 0 fully saturated rings. The van der Waals surface area contributed by atoms with Crippen LogP contribution in [0.15, 0.2) is 22.7 Å². The van der Waals surface area contributed by atoms with Gasteiger partial charge in [-0.05, 0) is 38.1 Å². The van der Waals surface area contributed by atoms with Crippen molar-refractivity contribution in [2.45, 2.75) is 26.3 Å². The van der Waals surface area contributed by atoms with Gasteiger partial charge in [0.1, 0.15) is 0 Å². The van der Waals surface area contributed by atoms with Crippen molar-refractivity contribution in [3.05, 3.63) is 34.1 Å². The van der Waals surface area contributed by atoms with Crippen LogP contribution >= 0.6 is 23.2 Å². The van der Waals surface area contributed by atoms with Gasteiger partial charge >= 0.3 is 0 Å². The number of rotatable bonds is 5. The van der Waals surface area contributed by atoms with Gasteiger partial charge in [-0.3, -0.25) is 0 Å². The Morgan fingerprint density at radius 2 is 1.95 bits per heavy atom. The zero-order chi connectivity index (χ0) is 13.8. The van der Waals surface area contributed by atoms with Gasteiger partial charge in [0.25, 0.3) is 0 Å². The second-order valence-corrected chi connectivity index (χ2v) is 5.16. The molecule has 0 aliphatic carbocycles. The highest BCUT2D eigenvalue weighted by atomic mass is 35.5. The highest BCUT2D eigenvalue weighted by Crippen LogP contribution is 2.26. The second kappa shape index (κ2) is 6.37. The Labute approximate surface area is 122 Å². The average Bonchev–Trinajstić information content (AvgIpc) is 2.84. The summed E-state index contributed by atoms with van der Waals surface area (Å²) >= 11 is 11.9. The van der Waals surface area contributed by atoms with E-state index >= 15 is 0 Å². The van der Waals surface area contributed by atoms with Crippen LogP contribution in [-0.2, 0) is 0 Å². The summed E-state index contributed by atoms with van der Waals surface area (Å²) in [6, 6.07) is 5.20. The van der Waals surface area contributed by atoms with Gasteiger partial charge in [0, 0.05) is 15.6 Å². The topological polar surface area (TPSA) is 51.0 Å². The van der Waals surface area contributed by atoms with Crippen LogP contribution < -0.4 is 5.32 Å². The maximum atomic E-state index is 5.95. The molecule has 0 aliphatic rings. The second-order valence-electron chi connectivity index (χ2n) is 4.29. The van der Waals surface area contributed by atoms with Crippen molar-refractivity contribution in [2.24, 2.45) is 0 Å². The standard InChI is InChI=1S/C13H15Cl2N3O/c1-3-4-16-8(2)13-17-12(18-19-13)9-5-10(14)7-11(15)6-9/h5-8,16H,3-4H2,1-2H3. The summed E-state index contributed by atoms with van der Waals surface area (Å²) in [6.07, 6.45) is 1.05. The van der Waals surface area contributed by atoms with Gasteiger partial charge in [-0.15, -0.1) is 0 Å². The smallest absolute Gasteiger partial charge is 0.243 e. The molecule has 2 aromatic rings. The molecule has 102 valence electrons. The molecule has 0 radical (unpaired) electrons. The van der Waals surface area contributed by atoms with Crippen molar-refractivity contribution in [1.29, 1.82) is 0 Å². The van der Waals surface area contributed by atoms with Crippen molar-refractivity contribution in [1.82, 2.24) is 15.5 Å². The summed E-state index contributed by atoms with van der Waals surface area (Å²) < 4.78 is 5.25. The van der Waals surface area contributed by atoms with Crippen molar-refractivity contribution >= 4 is 23.2 Å². The van der Waals surface area contributed by atoms with E-state index in [0.29, 0.717) is 21.8 Å². The highest BCUT2D eigenvalue weighted by molar-refractivity contribution is 6.35. The Kier molecular flexibility index (Phi) is 4.80. The van der Waals surface area contributed by atoms with E-state index in [-0.39, 0.29) is 6.04 Å². The zero-order valence-electron chi connectivity index (χ0n) is 10.8. The molecule has 1 aromatic carbocycles. The van der Waals surface area contributed by atoms with Gasteiger partial charge in [0.2, 0.25) is 11.7 Å². The fourth-order valence-electron chi connectivity index (χ4n) is 1.66. The first-order valence-electron chi connectivity index (χ1n) is 6.13. The zero-order valence-corrected chi connectivity index (χ0v) is 12.3. The molecule has 1 unspecified atom stereocenters. The van der Waals surface area contributed by atoms with Gasteiger partial charge in [-0.2, -0.15) is 4.98 Å². The fraction of sp³-hybridized carbons (Fsp3) is 0.385. The molecule has 1 aromatic heterocycles. The predicted octanol–water partition coefficient (Wildman–Crippen LogP) is 4.10. The Bertz CT molecular complexity index is 536. The lowest BCUT2D eigenvalue weighted by atomic mass is 10.2. The van der Waals surface area contributed by atoms with Crippen LogP contribution in [-0.4, -0.2) is 16.7 Å². The van der Waals surface area contributed by atoms with E-state index in [4.69, 9.17) is 27.7 Å². The first kappa shape index (κ1) is 14.3. The molecule has 0 saturated carbocycles. The Balaban J connectivity index is 2.20. The molecule has 0 amide bonds. The third-order valence-electron chi connectivity index (χ3n) is 2.63. The minimum absolute atomic E-state index is 0.0239. The molecule has 0 bridgehead atoms. The predicted molar refractivity (Wildman–Crippen MR) is 76.5 cm³/mol. The molecular formula is C13H15Cl2N3O. The maximum Gasteiger partial charge on any atom is 0.243 e. The minimum atomic E-state index is 0.0239. The molecule has 19 heavy (non-hydrogen) atoms. The van der Waals surface area contributed by atoms with Crippen molar-refractivity contribution in [2.75, 3.05) is 6.54 Å². The number of nitrogens with one attached hydrogen (secondary N) is 1. The van der Waals surface area contributed by atoms with Crippen molar-refractivity contribution in [3.63, 3.8) is 0 Å². The monoisotopic (exact) mass is 299 g/mol. The normalized spacial score (nSPS) is 12.6. The summed E-state index contributed by atoms with van der Waals surface area (Å²) in [7, 11) is 0. The highest BCUT2D eigenvalue weighted by Gasteiger charge is 2.15. The van der Waals surface area contributed by atoms with Crippen LogP contribution in [0.5, 0.6) is 0 Å². The minimum Gasteiger partial charge on any atom is -0.337 e. The molecule has 0 saturated heterocycles. The third kappa shape index (κ3) is 3.69. The van der Waals surface area contributed by atoms with Crippen LogP contribution in [0, 0.1) is 0 Å². The third-order valence-corrected chi connectivity index (χ3v) is 3.07. The summed E-state index contributed by atoms with van der Waals surface area (Å²) in [4.78, 5) is 4.36. The van der Waals surface area contributed by atoms with Gasteiger partial charge < -0.3 is 9.84 Å². The van der Waals surface area contributed by atoms with Crippen LogP contribution in [0.25, 0.3) is 11.4 Å². The summed E-state index contributed by atoms with van der Waals surface area (Å²) in [6.45, 7) is 4.99. The van der Waals surface area contributed by atoms with E-state index < -0.39 is 0 Å². The molecule has 1 atom stereocenters. The quantitative estimate of drug-likeness (QED) is 0.903. The Morgan fingerprint density at radius 3 is 2.58 bits per heavy atom. The summed E-state index contributed by atoms with van der Waals surface area (Å²) in [5, 5.41) is 8.34. The molecule has 4 nitrogen and oxygen atoms in total. The van der Waals surface area contributed by atoms with E-state index in [1.807, 2.05) is 6.92 Å². The maximum absolute atomic E-state index is 5.95. The molecule has 1 heterocycles. The van der Waals surface area contributed by atoms with Crippen LogP contribution in [0.2, 0.25) is 10.0 Å². The Morgan fingerprint density at radius 1 is 1.26 bits per heavy atom. The number of benzene rings is 1. The fourth-order valence-corrected chi connectivity index (χ4v) is 2.19. The van der Waals surface area contributed by atoms with Crippen LogP contribution in [0.1, 0.15) is 32.2 Å². The average molecular weight is 300 g/mol. The van der Waals surface area contributed by atoms with Crippen molar-refractivity contribution in [3.8, 4) is 11.4 Å². The van der Waals surface area contributed by atoms with Crippen LogP contribution in [0.4, 0.5) is 0 Å². The molecule has 0 aliphatic heterocycles. The van der Waals surface area contributed by atoms with E-state index in [0.717, 1.165) is 18.5 Å². The van der Waals surface area contributed by atoms with Gasteiger partial charge in [0.15, 0.2) is 0 Å². The number of aromatic nitrogens is 2. The first-order chi connectivity index (χ1) is 9.10. The van der Waals surface area contributed by atoms with E-state index in [1.54, 1.807) is 18.2 Å². The Hall–Kier alpha value is -1.10. The van der Waals surface area contributed by atoms with E-state index in [9.17, 15) is 0 Å². The SMILES string of the molecule is CCCNC(C)c1nc(-c2cc(Cl)cc(Cl)c2)no1. The number of hydrogen-bond acceptors (Lipinski definition) is 4. The van der Waals surface area contributed by atoms with Gasteiger partial charge in [-0.1, -0.05) is 35.3 Å². The van der Waals surface area contributed by atoms with Gasteiger partial charge in [-0.25, -0.2) is 0 Å². The molecule has 6 heteroatoms. The lowest BCUT2D eigenvalue weighted by Gasteiger charge is -2.06.